The highest BCUT2D eigenvalue weighted by atomic mass is 35.5. The number of amides is 1. The van der Waals surface area contributed by atoms with Gasteiger partial charge in [-0.2, -0.15) is 0 Å². The van der Waals surface area contributed by atoms with Crippen LogP contribution in [-0.2, 0) is 20.7 Å². The Morgan fingerprint density at radius 3 is 2.88 bits per heavy atom. The molecule has 26 heavy (non-hydrogen) atoms. The molecule has 2 aromatic rings. The van der Waals surface area contributed by atoms with Gasteiger partial charge in [0.1, 0.15) is 6.04 Å². The maximum atomic E-state index is 12.4. The first-order chi connectivity index (χ1) is 12.5. The molecular formula is C18H19ClN2O5. The molecule has 7 nitrogen and oxygen atoms in total. The summed E-state index contributed by atoms with van der Waals surface area (Å²) in [6.45, 7) is 0.281. The second-order valence-corrected chi connectivity index (χ2v) is 6.50. The van der Waals surface area contributed by atoms with Gasteiger partial charge in [0.25, 0.3) is 0 Å². The summed E-state index contributed by atoms with van der Waals surface area (Å²) in [6, 6.07) is 6.40. The number of carboxylic acid groups (broad SMARTS) is 1. The summed E-state index contributed by atoms with van der Waals surface area (Å²) < 4.78 is 10.9. The standard InChI is InChI=1S/C18H19ClN2O5/c1-25-11-8-14(18(23)24)21(10-11)17(22)7-6-16-20-9-15(26-16)12-4-2-3-5-13(12)19/h2-5,9,11,14H,6-8,10H2,1H3,(H,23,24). The van der Waals surface area contributed by atoms with Gasteiger partial charge in [-0.3, -0.25) is 4.79 Å². The fourth-order valence-corrected chi connectivity index (χ4v) is 3.28. The number of ether oxygens (including phenoxy) is 1. The van der Waals surface area contributed by atoms with Crippen molar-refractivity contribution in [2.45, 2.75) is 31.4 Å². The molecule has 2 atom stereocenters. The minimum Gasteiger partial charge on any atom is -0.480 e. The fourth-order valence-electron chi connectivity index (χ4n) is 3.05. The first-order valence-electron chi connectivity index (χ1n) is 8.24. The molecule has 0 bridgehead atoms. The summed E-state index contributed by atoms with van der Waals surface area (Å²) in [5.74, 6) is -0.339. The van der Waals surface area contributed by atoms with Gasteiger partial charge in [0, 0.05) is 38.5 Å². The molecule has 1 saturated heterocycles. The molecule has 1 amide bonds. The van der Waals surface area contributed by atoms with Crippen molar-refractivity contribution in [1.82, 2.24) is 9.88 Å². The lowest BCUT2D eigenvalue weighted by atomic mass is 10.2. The highest BCUT2D eigenvalue weighted by Crippen LogP contribution is 2.28. The van der Waals surface area contributed by atoms with Crippen LogP contribution in [-0.4, -0.2) is 52.7 Å². The SMILES string of the molecule is COC1CC(C(=O)O)N(C(=O)CCc2ncc(-c3ccccc3Cl)o2)C1. The molecule has 1 fully saturated rings. The van der Waals surface area contributed by atoms with Crippen molar-refractivity contribution < 1.29 is 23.8 Å². The number of halogens is 1. The van der Waals surface area contributed by atoms with Crippen molar-refractivity contribution in [1.29, 1.82) is 0 Å². The first kappa shape index (κ1) is 18.4. The van der Waals surface area contributed by atoms with Gasteiger partial charge in [-0.05, 0) is 12.1 Å². The Kier molecular flexibility index (Phi) is 5.58. The molecule has 0 saturated carbocycles. The second kappa shape index (κ2) is 7.88. The second-order valence-electron chi connectivity index (χ2n) is 6.09. The topological polar surface area (TPSA) is 92.9 Å². The number of carbonyl (C=O) groups excluding carboxylic acids is 1. The van der Waals surface area contributed by atoms with Crippen molar-refractivity contribution in [2.24, 2.45) is 0 Å². The van der Waals surface area contributed by atoms with E-state index in [1.54, 1.807) is 12.3 Å². The average Bonchev–Trinajstić information content (AvgIpc) is 3.27. The minimum absolute atomic E-state index is 0.114. The molecular weight excluding hydrogens is 360 g/mol. The van der Waals surface area contributed by atoms with Crippen LogP contribution in [0.15, 0.2) is 34.9 Å². The molecule has 1 aromatic carbocycles. The number of oxazole rings is 1. The fraction of sp³-hybridized carbons (Fsp3) is 0.389. The number of likely N-dealkylation sites (tertiary alicyclic amines) is 1. The Labute approximate surface area is 155 Å². The van der Waals surface area contributed by atoms with Crippen LogP contribution in [0.4, 0.5) is 0 Å². The molecule has 2 unspecified atom stereocenters. The van der Waals surface area contributed by atoms with Crippen LogP contribution in [0.2, 0.25) is 5.02 Å². The minimum atomic E-state index is -1.02. The number of carboxylic acids is 1. The molecule has 3 rings (SSSR count). The number of aliphatic carboxylic acids is 1. The van der Waals surface area contributed by atoms with Crippen LogP contribution < -0.4 is 0 Å². The van der Waals surface area contributed by atoms with E-state index in [1.165, 1.54) is 12.0 Å². The zero-order valence-corrected chi connectivity index (χ0v) is 15.0. The van der Waals surface area contributed by atoms with Gasteiger partial charge < -0.3 is 19.2 Å². The number of hydrogen-bond donors (Lipinski definition) is 1. The van der Waals surface area contributed by atoms with Crippen LogP contribution >= 0.6 is 11.6 Å². The predicted molar refractivity (Wildman–Crippen MR) is 93.8 cm³/mol. The monoisotopic (exact) mass is 378 g/mol. The van der Waals surface area contributed by atoms with Crippen LogP contribution in [0, 0.1) is 0 Å². The van der Waals surface area contributed by atoms with E-state index in [0.29, 0.717) is 23.1 Å². The molecule has 1 N–H and O–H groups in total. The summed E-state index contributed by atoms with van der Waals surface area (Å²) in [7, 11) is 1.51. The highest BCUT2D eigenvalue weighted by molar-refractivity contribution is 6.33. The summed E-state index contributed by atoms with van der Waals surface area (Å²) >= 11 is 6.14. The lowest BCUT2D eigenvalue weighted by Gasteiger charge is -2.20. The molecule has 1 aromatic heterocycles. The van der Waals surface area contributed by atoms with Gasteiger partial charge >= 0.3 is 5.97 Å². The zero-order chi connectivity index (χ0) is 18.7. The first-order valence-corrected chi connectivity index (χ1v) is 8.62. The zero-order valence-electron chi connectivity index (χ0n) is 14.2. The maximum absolute atomic E-state index is 12.4. The largest absolute Gasteiger partial charge is 0.480 e. The highest BCUT2D eigenvalue weighted by Gasteiger charge is 2.39. The Bertz CT molecular complexity index is 806. The van der Waals surface area contributed by atoms with Crippen LogP contribution in [0.1, 0.15) is 18.7 Å². The van der Waals surface area contributed by atoms with Crippen LogP contribution in [0.5, 0.6) is 0 Å². The number of aryl methyl sites for hydroxylation is 1. The third kappa shape index (κ3) is 3.89. The summed E-state index contributed by atoms with van der Waals surface area (Å²) in [6.07, 6.45) is 2.01. The maximum Gasteiger partial charge on any atom is 0.326 e. The molecule has 1 aliphatic heterocycles. The Morgan fingerprint density at radius 1 is 1.42 bits per heavy atom. The third-order valence-electron chi connectivity index (χ3n) is 4.45. The molecule has 138 valence electrons. The Hall–Kier alpha value is -2.38. The lowest BCUT2D eigenvalue weighted by Crippen LogP contribution is -2.40. The molecule has 0 spiro atoms. The number of carbonyl (C=O) groups is 2. The Morgan fingerprint density at radius 2 is 2.19 bits per heavy atom. The van der Waals surface area contributed by atoms with Gasteiger partial charge in [-0.1, -0.05) is 23.7 Å². The van der Waals surface area contributed by atoms with E-state index >= 15 is 0 Å². The lowest BCUT2D eigenvalue weighted by molar-refractivity contribution is -0.148. The summed E-state index contributed by atoms with van der Waals surface area (Å²) in [4.78, 5) is 29.3. The van der Waals surface area contributed by atoms with Crippen LogP contribution in [0.25, 0.3) is 11.3 Å². The smallest absolute Gasteiger partial charge is 0.326 e. The van der Waals surface area contributed by atoms with E-state index in [-0.39, 0.29) is 31.4 Å². The quantitative estimate of drug-likeness (QED) is 0.830. The number of aromatic nitrogens is 1. The van der Waals surface area contributed by atoms with Crippen molar-refractivity contribution in [3.05, 3.63) is 41.4 Å². The van der Waals surface area contributed by atoms with Gasteiger partial charge in [0.05, 0.1) is 17.3 Å². The van der Waals surface area contributed by atoms with Gasteiger partial charge in [-0.15, -0.1) is 0 Å². The molecule has 8 heteroatoms. The number of nitrogens with zero attached hydrogens (tertiary/aromatic N) is 2. The predicted octanol–water partition coefficient (Wildman–Crippen LogP) is 2.63. The van der Waals surface area contributed by atoms with E-state index < -0.39 is 12.0 Å². The number of hydrogen-bond acceptors (Lipinski definition) is 5. The van der Waals surface area contributed by atoms with E-state index in [9.17, 15) is 14.7 Å². The average molecular weight is 379 g/mol. The molecule has 2 heterocycles. The summed E-state index contributed by atoms with van der Waals surface area (Å²) in [5.41, 5.74) is 0.729. The molecule has 0 aliphatic carbocycles. The Balaban J connectivity index is 1.63. The number of rotatable bonds is 6. The van der Waals surface area contributed by atoms with Gasteiger partial charge in [0.15, 0.2) is 11.7 Å². The third-order valence-corrected chi connectivity index (χ3v) is 4.78. The van der Waals surface area contributed by atoms with Crippen molar-refractivity contribution in [2.75, 3.05) is 13.7 Å². The van der Waals surface area contributed by atoms with Crippen LogP contribution in [0.3, 0.4) is 0 Å². The molecule has 1 aliphatic rings. The summed E-state index contributed by atoms with van der Waals surface area (Å²) in [5, 5.41) is 9.85. The van der Waals surface area contributed by atoms with Crippen molar-refractivity contribution in [3.63, 3.8) is 0 Å². The van der Waals surface area contributed by atoms with E-state index in [2.05, 4.69) is 4.98 Å². The van der Waals surface area contributed by atoms with Crippen molar-refractivity contribution in [3.8, 4) is 11.3 Å². The molecule has 0 radical (unpaired) electrons. The van der Waals surface area contributed by atoms with E-state index in [1.807, 2.05) is 18.2 Å². The normalized spacial score (nSPS) is 19.7. The number of methoxy groups -OCH3 is 1. The van der Waals surface area contributed by atoms with Gasteiger partial charge in [-0.25, -0.2) is 9.78 Å². The van der Waals surface area contributed by atoms with E-state index in [4.69, 9.17) is 20.8 Å². The van der Waals surface area contributed by atoms with E-state index in [0.717, 1.165) is 5.56 Å². The number of benzene rings is 1. The van der Waals surface area contributed by atoms with Gasteiger partial charge in [0.2, 0.25) is 5.91 Å². The van der Waals surface area contributed by atoms with Crippen molar-refractivity contribution >= 4 is 23.5 Å².